The molecular weight excluding hydrogens is 243 g/mol. The van der Waals surface area contributed by atoms with Crippen molar-refractivity contribution in [2.45, 2.75) is 38.9 Å². The van der Waals surface area contributed by atoms with Gasteiger partial charge in [-0.1, -0.05) is 0 Å². The van der Waals surface area contributed by atoms with Crippen LogP contribution >= 0.6 is 0 Å². The van der Waals surface area contributed by atoms with Crippen LogP contribution in [-0.4, -0.2) is 30.4 Å². The number of methoxy groups -OCH3 is 1. The Morgan fingerprint density at radius 2 is 1.79 bits per heavy atom. The smallest absolute Gasteiger partial charge is 0.496 e. The maximum Gasteiger partial charge on any atom is 0.518 e. The summed E-state index contributed by atoms with van der Waals surface area (Å²) in [5, 5.41) is 8.94. The standard InChI is InChI=1S/C13H17BN2O3/c1-12(2)13(3,4)19-14(18-12)11-10(17-5)7-6-9(8-15)16-11/h6-7H,1-5H3. The van der Waals surface area contributed by atoms with Gasteiger partial charge in [-0.2, -0.15) is 5.26 Å². The van der Waals surface area contributed by atoms with Crippen LogP contribution in [-0.2, 0) is 9.31 Å². The van der Waals surface area contributed by atoms with Crippen LogP contribution in [0.2, 0.25) is 0 Å². The van der Waals surface area contributed by atoms with Crippen molar-refractivity contribution >= 4 is 12.7 Å². The average Bonchev–Trinajstić information content (AvgIpc) is 2.57. The first-order valence-corrected chi connectivity index (χ1v) is 6.11. The molecule has 0 aromatic carbocycles. The number of hydrogen-bond donors (Lipinski definition) is 0. The zero-order valence-electron chi connectivity index (χ0n) is 11.9. The molecule has 1 fully saturated rings. The molecule has 6 heteroatoms. The van der Waals surface area contributed by atoms with E-state index < -0.39 is 18.3 Å². The molecule has 0 radical (unpaired) electrons. The molecule has 100 valence electrons. The third-order valence-electron chi connectivity index (χ3n) is 3.70. The lowest BCUT2D eigenvalue weighted by Gasteiger charge is -2.32. The van der Waals surface area contributed by atoms with Crippen LogP contribution in [0.4, 0.5) is 0 Å². The molecule has 0 atom stereocenters. The van der Waals surface area contributed by atoms with Crippen molar-refractivity contribution in [1.29, 1.82) is 5.26 Å². The minimum absolute atomic E-state index is 0.311. The van der Waals surface area contributed by atoms with Gasteiger partial charge in [-0.15, -0.1) is 0 Å². The molecule has 5 nitrogen and oxygen atoms in total. The van der Waals surface area contributed by atoms with Gasteiger partial charge in [0, 0.05) is 0 Å². The monoisotopic (exact) mass is 260 g/mol. The number of hydrogen-bond acceptors (Lipinski definition) is 5. The van der Waals surface area contributed by atoms with E-state index in [4.69, 9.17) is 19.3 Å². The highest BCUT2D eigenvalue weighted by atomic mass is 16.7. The van der Waals surface area contributed by atoms with Gasteiger partial charge in [0.25, 0.3) is 0 Å². The third kappa shape index (κ3) is 2.31. The predicted molar refractivity (Wildman–Crippen MR) is 71.2 cm³/mol. The lowest BCUT2D eigenvalue weighted by atomic mass is 9.83. The van der Waals surface area contributed by atoms with E-state index in [0.717, 1.165) is 0 Å². The molecule has 0 aliphatic carbocycles. The van der Waals surface area contributed by atoms with Crippen LogP contribution in [0.5, 0.6) is 5.75 Å². The van der Waals surface area contributed by atoms with E-state index in [1.807, 2.05) is 33.8 Å². The SMILES string of the molecule is COc1ccc(C#N)nc1B1OC(C)(C)C(C)(C)O1. The number of ether oxygens (including phenoxy) is 1. The minimum Gasteiger partial charge on any atom is -0.496 e. The largest absolute Gasteiger partial charge is 0.518 e. The first kappa shape index (κ1) is 13.8. The fourth-order valence-electron chi connectivity index (χ4n) is 1.82. The summed E-state index contributed by atoms with van der Waals surface area (Å²) in [6.07, 6.45) is 0. The Labute approximate surface area is 113 Å². The van der Waals surface area contributed by atoms with E-state index in [1.54, 1.807) is 19.2 Å². The molecule has 1 aromatic heterocycles. The molecule has 19 heavy (non-hydrogen) atoms. The van der Waals surface area contributed by atoms with Crippen LogP contribution in [0.25, 0.3) is 0 Å². The Morgan fingerprint density at radius 1 is 1.21 bits per heavy atom. The molecule has 2 heterocycles. The van der Waals surface area contributed by atoms with Crippen LogP contribution in [0.15, 0.2) is 12.1 Å². The Kier molecular flexibility index (Phi) is 3.29. The predicted octanol–water partition coefficient (Wildman–Crippen LogP) is 1.26. The van der Waals surface area contributed by atoms with Gasteiger partial charge in [0.15, 0.2) is 0 Å². The van der Waals surface area contributed by atoms with Gasteiger partial charge in [-0.05, 0) is 39.8 Å². The van der Waals surface area contributed by atoms with Gasteiger partial charge in [0.2, 0.25) is 0 Å². The van der Waals surface area contributed by atoms with Gasteiger partial charge in [-0.25, -0.2) is 4.98 Å². The van der Waals surface area contributed by atoms with E-state index in [-0.39, 0.29) is 0 Å². The summed E-state index contributed by atoms with van der Waals surface area (Å²) in [4.78, 5) is 4.24. The molecule has 0 amide bonds. The number of nitrogens with zero attached hydrogens (tertiary/aromatic N) is 2. The summed E-state index contributed by atoms with van der Waals surface area (Å²) < 4.78 is 17.1. The first-order chi connectivity index (χ1) is 8.80. The van der Waals surface area contributed by atoms with Gasteiger partial charge in [-0.3, -0.25) is 0 Å². The van der Waals surface area contributed by atoms with E-state index in [0.29, 0.717) is 17.0 Å². The normalized spacial score (nSPS) is 20.1. The van der Waals surface area contributed by atoms with Gasteiger partial charge in [0.05, 0.1) is 18.3 Å². The number of rotatable bonds is 2. The van der Waals surface area contributed by atoms with Gasteiger partial charge >= 0.3 is 7.12 Å². The van der Waals surface area contributed by atoms with E-state index in [9.17, 15) is 0 Å². The zero-order chi connectivity index (χ0) is 14.3. The van der Waals surface area contributed by atoms with Crippen LogP contribution in [0, 0.1) is 11.3 Å². The summed E-state index contributed by atoms with van der Waals surface area (Å²) in [7, 11) is 0.922. The first-order valence-electron chi connectivity index (χ1n) is 6.11. The maximum absolute atomic E-state index is 8.94. The quantitative estimate of drug-likeness (QED) is 0.749. The lowest BCUT2D eigenvalue weighted by Crippen LogP contribution is -2.41. The van der Waals surface area contributed by atoms with Crippen molar-refractivity contribution in [2.75, 3.05) is 7.11 Å². The Balaban J connectivity index is 2.41. The Bertz CT molecular complexity index is 521. The Hall–Kier alpha value is -1.58. The van der Waals surface area contributed by atoms with Crippen LogP contribution < -0.4 is 10.3 Å². The molecule has 1 aliphatic heterocycles. The van der Waals surface area contributed by atoms with E-state index in [1.165, 1.54) is 0 Å². The molecule has 2 rings (SSSR count). The third-order valence-corrected chi connectivity index (χ3v) is 3.70. The molecule has 0 spiro atoms. The maximum atomic E-state index is 8.94. The summed E-state index contributed by atoms with van der Waals surface area (Å²) in [5.74, 6) is 0.553. The highest BCUT2D eigenvalue weighted by Crippen LogP contribution is 2.36. The summed E-state index contributed by atoms with van der Waals surface area (Å²) >= 11 is 0. The number of aromatic nitrogens is 1. The molecular formula is C13H17BN2O3. The van der Waals surface area contributed by atoms with Crippen molar-refractivity contribution in [2.24, 2.45) is 0 Å². The fraction of sp³-hybridized carbons (Fsp3) is 0.538. The van der Waals surface area contributed by atoms with Gasteiger partial charge < -0.3 is 14.0 Å². The second kappa shape index (κ2) is 4.51. The second-order valence-electron chi connectivity index (χ2n) is 5.48. The summed E-state index contributed by atoms with van der Waals surface area (Å²) in [6, 6.07) is 5.31. The molecule has 0 N–H and O–H groups in total. The lowest BCUT2D eigenvalue weighted by molar-refractivity contribution is 0.00578. The van der Waals surface area contributed by atoms with Crippen molar-refractivity contribution in [3.8, 4) is 11.8 Å². The van der Waals surface area contributed by atoms with Crippen LogP contribution in [0.1, 0.15) is 33.4 Å². The molecule has 0 saturated carbocycles. The van der Waals surface area contributed by atoms with Crippen molar-refractivity contribution in [3.63, 3.8) is 0 Å². The zero-order valence-corrected chi connectivity index (χ0v) is 11.9. The van der Waals surface area contributed by atoms with Crippen LogP contribution in [0.3, 0.4) is 0 Å². The van der Waals surface area contributed by atoms with E-state index >= 15 is 0 Å². The minimum atomic E-state index is -0.631. The molecule has 1 saturated heterocycles. The summed E-state index contributed by atoms with van der Waals surface area (Å²) in [6.45, 7) is 7.86. The second-order valence-corrected chi connectivity index (χ2v) is 5.48. The van der Waals surface area contributed by atoms with Crippen molar-refractivity contribution in [3.05, 3.63) is 17.8 Å². The number of pyridine rings is 1. The van der Waals surface area contributed by atoms with Crippen molar-refractivity contribution < 1.29 is 14.0 Å². The molecule has 0 bridgehead atoms. The fourth-order valence-corrected chi connectivity index (χ4v) is 1.82. The topological polar surface area (TPSA) is 64.4 Å². The average molecular weight is 260 g/mol. The molecule has 1 aromatic rings. The van der Waals surface area contributed by atoms with Crippen molar-refractivity contribution in [1.82, 2.24) is 4.98 Å². The Morgan fingerprint density at radius 3 is 2.26 bits per heavy atom. The summed E-state index contributed by atoms with van der Waals surface area (Å²) in [5.41, 5.74) is -0.0919. The number of nitriles is 1. The molecule has 1 aliphatic rings. The molecule has 0 unspecified atom stereocenters. The highest BCUT2D eigenvalue weighted by molar-refractivity contribution is 6.62. The highest BCUT2D eigenvalue weighted by Gasteiger charge is 2.53. The van der Waals surface area contributed by atoms with Gasteiger partial charge in [0.1, 0.15) is 23.1 Å². The van der Waals surface area contributed by atoms with E-state index in [2.05, 4.69) is 4.98 Å².